The molecule has 0 radical (unpaired) electrons. The molecule has 2 aliphatic heterocycles. The average Bonchev–Trinajstić information content (AvgIpc) is 2.62. The number of ether oxygens (including phenoxy) is 1. The van der Waals surface area contributed by atoms with E-state index in [0.717, 1.165) is 19.3 Å². The maximum Gasteiger partial charge on any atom is 0.339 e. The first-order valence-corrected chi connectivity index (χ1v) is 7.37. The second-order valence-corrected chi connectivity index (χ2v) is 6.22. The Morgan fingerprint density at radius 1 is 1.55 bits per heavy atom. The predicted octanol–water partition coefficient (Wildman–Crippen LogP) is 0.914. The predicted molar refractivity (Wildman–Crippen MR) is 71.6 cm³/mol. The van der Waals surface area contributed by atoms with Crippen LogP contribution in [0.5, 0.6) is 0 Å². The number of hydrogen-bond donors (Lipinski definition) is 2. The van der Waals surface area contributed by atoms with E-state index in [2.05, 4.69) is 5.32 Å². The fourth-order valence-electron chi connectivity index (χ4n) is 4.05. The minimum Gasteiger partial charge on any atom is -0.453 e. The first-order valence-electron chi connectivity index (χ1n) is 7.37. The third-order valence-corrected chi connectivity index (χ3v) is 5.26. The number of nitrogens with one attached hydrogen (secondary N) is 1. The number of allylic oxidation sites excluding steroid dienone is 1. The van der Waals surface area contributed by atoms with Crippen molar-refractivity contribution in [3.8, 4) is 0 Å². The summed E-state index contributed by atoms with van der Waals surface area (Å²) in [6.07, 6.45) is 6.47. The molecule has 1 aliphatic carbocycles. The molecule has 0 bridgehead atoms. The normalized spacial score (nSPS) is 44.4. The Bertz CT molecular complexity index is 488. The topological polar surface area (TPSA) is 75.6 Å². The van der Waals surface area contributed by atoms with Gasteiger partial charge in [0.2, 0.25) is 11.4 Å². The van der Waals surface area contributed by atoms with E-state index in [-0.39, 0.29) is 17.7 Å². The van der Waals surface area contributed by atoms with Gasteiger partial charge in [-0.1, -0.05) is 19.1 Å². The highest BCUT2D eigenvalue weighted by Gasteiger charge is 2.79. The molecule has 2 fully saturated rings. The third-order valence-electron chi connectivity index (χ3n) is 5.26. The number of aliphatic hydroxyl groups excluding tert-OH is 1. The van der Waals surface area contributed by atoms with Crippen LogP contribution in [0.15, 0.2) is 12.2 Å². The lowest BCUT2D eigenvalue weighted by Crippen LogP contribution is -2.80. The van der Waals surface area contributed by atoms with Crippen LogP contribution in [0.4, 0.5) is 0 Å². The van der Waals surface area contributed by atoms with Crippen LogP contribution in [-0.2, 0) is 14.3 Å². The Morgan fingerprint density at radius 2 is 2.30 bits per heavy atom. The molecule has 0 spiro atoms. The van der Waals surface area contributed by atoms with Gasteiger partial charge in [0.15, 0.2) is 5.60 Å². The summed E-state index contributed by atoms with van der Waals surface area (Å²) in [4.78, 5) is 24.2. The molecule has 5 nitrogen and oxygen atoms in total. The first kappa shape index (κ1) is 13.6. The van der Waals surface area contributed by atoms with E-state index < -0.39 is 23.2 Å². The zero-order valence-corrected chi connectivity index (χ0v) is 11.9. The van der Waals surface area contributed by atoms with E-state index >= 15 is 0 Å². The first-order chi connectivity index (χ1) is 9.47. The zero-order valence-electron chi connectivity index (χ0n) is 11.9. The van der Waals surface area contributed by atoms with Gasteiger partial charge in [0.25, 0.3) is 0 Å². The van der Waals surface area contributed by atoms with Crippen LogP contribution in [-0.4, -0.2) is 34.2 Å². The number of carbonyl (C=O) groups excluding carboxylic acids is 2. The number of carbonyl (C=O) groups is 2. The van der Waals surface area contributed by atoms with Crippen molar-refractivity contribution < 1.29 is 19.4 Å². The summed E-state index contributed by atoms with van der Waals surface area (Å²) in [7, 11) is 0. The Kier molecular flexibility index (Phi) is 2.94. The van der Waals surface area contributed by atoms with Gasteiger partial charge in [-0.05, 0) is 32.6 Å². The average molecular weight is 279 g/mol. The van der Waals surface area contributed by atoms with Crippen molar-refractivity contribution in [2.75, 3.05) is 0 Å². The van der Waals surface area contributed by atoms with Gasteiger partial charge in [0.1, 0.15) is 0 Å². The monoisotopic (exact) mass is 279 g/mol. The van der Waals surface area contributed by atoms with Crippen molar-refractivity contribution in [3.05, 3.63) is 12.2 Å². The Balaban J connectivity index is 1.97. The van der Waals surface area contributed by atoms with Gasteiger partial charge in [-0.3, -0.25) is 4.79 Å². The van der Waals surface area contributed by atoms with E-state index in [0.29, 0.717) is 6.42 Å². The SMILES string of the molecule is CCC1C(=O)NC2(C(O)C3C=CCCC3)C(=O)OC12C. The van der Waals surface area contributed by atoms with Crippen LogP contribution in [0.2, 0.25) is 0 Å². The van der Waals surface area contributed by atoms with Crippen LogP contribution < -0.4 is 5.32 Å². The molecule has 0 aromatic carbocycles. The summed E-state index contributed by atoms with van der Waals surface area (Å²) in [5, 5.41) is 13.5. The van der Waals surface area contributed by atoms with Crippen LogP contribution in [0.1, 0.15) is 39.5 Å². The van der Waals surface area contributed by atoms with Crippen molar-refractivity contribution >= 4 is 11.9 Å². The molecular formula is C15H21NO4. The molecule has 1 amide bonds. The standard InChI is InChI=1S/C15H21NO4/c1-3-10-12(18)16-15(13(19)20-14(10,15)2)11(17)9-7-5-4-6-8-9/h5,7,9-11,17H,3-4,6,8H2,1-2H3,(H,16,18). The third kappa shape index (κ3) is 1.41. The zero-order chi connectivity index (χ0) is 14.5. The second kappa shape index (κ2) is 4.32. The number of amides is 1. The van der Waals surface area contributed by atoms with Crippen molar-refractivity contribution in [3.63, 3.8) is 0 Å². The van der Waals surface area contributed by atoms with E-state index in [9.17, 15) is 14.7 Å². The number of rotatable bonds is 3. The fourth-order valence-corrected chi connectivity index (χ4v) is 4.05. The number of esters is 1. The summed E-state index contributed by atoms with van der Waals surface area (Å²) >= 11 is 0. The summed E-state index contributed by atoms with van der Waals surface area (Å²) in [5.74, 6) is -1.19. The highest BCUT2D eigenvalue weighted by molar-refractivity contribution is 6.01. The highest BCUT2D eigenvalue weighted by Crippen LogP contribution is 2.53. The van der Waals surface area contributed by atoms with Gasteiger partial charge >= 0.3 is 5.97 Å². The van der Waals surface area contributed by atoms with Gasteiger partial charge < -0.3 is 15.2 Å². The maximum absolute atomic E-state index is 12.1. The maximum atomic E-state index is 12.1. The molecule has 20 heavy (non-hydrogen) atoms. The smallest absolute Gasteiger partial charge is 0.339 e. The van der Waals surface area contributed by atoms with Crippen LogP contribution in [0.25, 0.3) is 0 Å². The van der Waals surface area contributed by atoms with Gasteiger partial charge in [0, 0.05) is 5.92 Å². The molecule has 2 saturated heterocycles. The summed E-state index contributed by atoms with van der Waals surface area (Å²) in [5.41, 5.74) is -2.20. The van der Waals surface area contributed by atoms with E-state index in [1.807, 2.05) is 19.1 Å². The Morgan fingerprint density at radius 3 is 2.85 bits per heavy atom. The molecule has 110 valence electrons. The van der Waals surface area contributed by atoms with E-state index in [1.165, 1.54) is 0 Å². The van der Waals surface area contributed by atoms with Crippen molar-refractivity contribution in [1.29, 1.82) is 0 Å². The Labute approximate surface area is 118 Å². The minimum absolute atomic E-state index is 0.105. The minimum atomic E-state index is -1.27. The Hall–Kier alpha value is -1.36. The summed E-state index contributed by atoms with van der Waals surface area (Å²) in [6.45, 7) is 3.65. The number of hydrogen-bond acceptors (Lipinski definition) is 4. The lowest BCUT2D eigenvalue weighted by Gasteiger charge is -2.54. The lowest BCUT2D eigenvalue weighted by atomic mass is 9.64. The molecule has 5 unspecified atom stereocenters. The molecule has 0 aromatic heterocycles. The summed E-state index contributed by atoms with van der Waals surface area (Å²) in [6, 6.07) is 0. The molecule has 2 N–H and O–H groups in total. The second-order valence-electron chi connectivity index (χ2n) is 6.22. The van der Waals surface area contributed by atoms with E-state index in [1.54, 1.807) is 6.92 Å². The molecule has 2 heterocycles. The molecule has 0 aromatic rings. The molecule has 3 rings (SSSR count). The van der Waals surface area contributed by atoms with Gasteiger partial charge in [-0.2, -0.15) is 0 Å². The molecule has 5 heteroatoms. The highest BCUT2D eigenvalue weighted by atomic mass is 16.6. The van der Waals surface area contributed by atoms with Gasteiger partial charge in [-0.15, -0.1) is 0 Å². The van der Waals surface area contributed by atoms with Gasteiger partial charge in [-0.25, -0.2) is 4.79 Å². The number of fused-ring (bicyclic) bond motifs is 1. The molecule has 0 saturated carbocycles. The molecule has 5 atom stereocenters. The van der Waals surface area contributed by atoms with E-state index in [4.69, 9.17) is 4.74 Å². The van der Waals surface area contributed by atoms with Crippen LogP contribution in [0, 0.1) is 11.8 Å². The number of aliphatic hydroxyl groups is 1. The van der Waals surface area contributed by atoms with Crippen LogP contribution in [0.3, 0.4) is 0 Å². The lowest BCUT2D eigenvalue weighted by molar-refractivity contribution is -0.238. The van der Waals surface area contributed by atoms with Crippen molar-refractivity contribution in [2.45, 2.75) is 56.8 Å². The summed E-state index contributed by atoms with van der Waals surface area (Å²) < 4.78 is 5.33. The molecular weight excluding hydrogens is 258 g/mol. The van der Waals surface area contributed by atoms with Gasteiger partial charge in [0.05, 0.1) is 12.0 Å². The van der Waals surface area contributed by atoms with Crippen molar-refractivity contribution in [1.82, 2.24) is 5.32 Å². The van der Waals surface area contributed by atoms with Crippen LogP contribution >= 0.6 is 0 Å². The fraction of sp³-hybridized carbons (Fsp3) is 0.733. The van der Waals surface area contributed by atoms with Crippen molar-refractivity contribution in [2.24, 2.45) is 11.8 Å². The largest absolute Gasteiger partial charge is 0.453 e. The quantitative estimate of drug-likeness (QED) is 0.595. The molecule has 3 aliphatic rings.